The highest BCUT2D eigenvalue weighted by molar-refractivity contribution is 5.89. The fraction of sp³-hybridized carbons (Fsp3) is 0.267. The van der Waals surface area contributed by atoms with Gasteiger partial charge < -0.3 is 9.72 Å². The summed E-state index contributed by atoms with van der Waals surface area (Å²) in [5.41, 5.74) is 0.760. The zero-order valence-electron chi connectivity index (χ0n) is 12.6. The average Bonchev–Trinajstić information content (AvgIpc) is 3.04. The fourth-order valence-corrected chi connectivity index (χ4v) is 2.03. The van der Waals surface area contributed by atoms with Crippen LogP contribution in [-0.2, 0) is 4.74 Å². The molecule has 2 N–H and O–H groups in total. The van der Waals surface area contributed by atoms with Gasteiger partial charge in [-0.1, -0.05) is 0 Å². The number of anilines is 1. The molecule has 0 atom stereocenters. The van der Waals surface area contributed by atoms with E-state index in [1.165, 1.54) is 0 Å². The van der Waals surface area contributed by atoms with E-state index in [2.05, 4.69) is 20.4 Å². The molecule has 7 heteroatoms. The van der Waals surface area contributed by atoms with E-state index in [0.29, 0.717) is 5.69 Å². The number of amides is 1. The summed E-state index contributed by atoms with van der Waals surface area (Å²) in [6.45, 7) is 5.45. The quantitative estimate of drug-likeness (QED) is 0.761. The van der Waals surface area contributed by atoms with E-state index in [4.69, 9.17) is 4.74 Å². The first-order valence-electron chi connectivity index (χ1n) is 6.89. The van der Waals surface area contributed by atoms with Crippen LogP contribution in [-0.4, -0.2) is 31.4 Å². The van der Waals surface area contributed by atoms with E-state index in [1.807, 2.05) is 45.2 Å². The Morgan fingerprint density at radius 3 is 2.86 bits per heavy atom. The first-order valence-corrected chi connectivity index (χ1v) is 6.89. The summed E-state index contributed by atoms with van der Waals surface area (Å²) in [5, 5.41) is 7.71. The van der Waals surface area contributed by atoms with Gasteiger partial charge in [0.1, 0.15) is 17.1 Å². The molecule has 0 aromatic carbocycles. The van der Waals surface area contributed by atoms with Crippen molar-refractivity contribution in [2.45, 2.75) is 26.4 Å². The van der Waals surface area contributed by atoms with E-state index < -0.39 is 11.7 Å². The van der Waals surface area contributed by atoms with Crippen molar-refractivity contribution in [2.75, 3.05) is 5.32 Å². The number of carbonyl (C=O) groups is 1. The molecule has 0 bridgehead atoms. The van der Waals surface area contributed by atoms with Crippen LogP contribution in [0.15, 0.2) is 36.8 Å². The second-order valence-corrected chi connectivity index (χ2v) is 5.89. The Hall–Kier alpha value is -2.83. The predicted octanol–water partition coefficient (Wildman–Crippen LogP) is 3.10. The monoisotopic (exact) mass is 299 g/mol. The Morgan fingerprint density at radius 1 is 1.36 bits per heavy atom. The van der Waals surface area contributed by atoms with Gasteiger partial charge in [0.15, 0.2) is 0 Å². The maximum absolute atomic E-state index is 11.8. The highest BCUT2D eigenvalue weighted by Gasteiger charge is 2.16. The van der Waals surface area contributed by atoms with E-state index in [0.717, 1.165) is 16.9 Å². The summed E-state index contributed by atoms with van der Waals surface area (Å²) in [7, 11) is 0. The molecule has 0 aliphatic carbocycles. The van der Waals surface area contributed by atoms with Gasteiger partial charge in [-0.3, -0.25) is 5.32 Å². The molecular formula is C15H17N5O2. The highest BCUT2D eigenvalue weighted by atomic mass is 16.6. The third-order valence-corrected chi connectivity index (χ3v) is 2.85. The maximum Gasteiger partial charge on any atom is 0.412 e. The predicted molar refractivity (Wildman–Crippen MR) is 83.1 cm³/mol. The minimum absolute atomic E-state index is 0.503. The van der Waals surface area contributed by atoms with Crippen LogP contribution in [0.5, 0.6) is 0 Å². The molecule has 1 amide bonds. The lowest BCUT2D eigenvalue weighted by molar-refractivity contribution is 0.0636. The topological polar surface area (TPSA) is 84.8 Å². The van der Waals surface area contributed by atoms with Crippen LogP contribution in [0.25, 0.3) is 16.9 Å². The average molecular weight is 299 g/mol. The second kappa shape index (κ2) is 5.18. The van der Waals surface area contributed by atoms with Gasteiger partial charge in [-0.15, -0.1) is 0 Å². The summed E-state index contributed by atoms with van der Waals surface area (Å²) in [5.74, 6) is 0.807. The lowest BCUT2D eigenvalue weighted by atomic mass is 10.2. The molecular weight excluding hydrogens is 282 g/mol. The second-order valence-electron chi connectivity index (χ2n) is 5.89. The molecule has 0 fully saturated rings. The Morgan fingerprint density at radius 2 is 2.18 bits per heavy atom. The van der Waals surface area contributed by atoms with Crippen LogP contribution in [0.3, 0.4) is 0 Å². The first-order chi connectivity index (χ1) is 10.4. The normalized spacial score (nSPS) is 11.6. The number of hydrogen-bond acceptors (Lipinski definition) is 4. The van der Waals surface area contributed by atoms with Gasteiger partial charge >= 0.3 is 6.09 Å². The van der Waals surface area contributed by atoms with Crippen molar-refractivity contribution in [3.05, 3.63) is 36.8 Å². The zero-order chi connectivity index (χ0) is 15.7. The number of pyridine rings is 1. The number of nitrogens with one attached hydrogen (secondary N) is 2. The minimum Gasteiger partial charge on any atom is -0.444 e. The zero-order valence-corrected chi connectivity index (χ0v) is 12.6. The van der Waals surface area contributed by atoms with E-state index >= 15 is 0 Å². The molecule has 3 rings (SSSR count). The Bertz CT molecular complexity index is 799. The lowest BCUT2D eigenvalue weighted by Crippen LogP contribution is -2.27. The Balaban J connectivity index is 1.82. The molecule has 0 saturated heterocycles. The number of carbonyl (C=O) groups excluding carboxylic acids is 1. The lowest BCUT2D eigenvalue weighted by Gasteiger charge is -2.19. The molecule has 0 unspecified atom stereocenters. The van der Waals surface area contributed by atoms with Crippen molar-refractivity contribution in [1.82, 2.24) is 19.7 Å². The Labute approximate surface area is 127 Å². The largest absolute Gasteiger partial charge is 0.444 e. The highest BCUT2D eigenvalue weighted by Crippen LogP contribution is 2.20. The minimum atomic E-state index is -0.539. The van der Waals surface area contributed by atoms with Gasteiger partial charge in [-0.25, -0.2) is 14.5 Å². The van der Waals surface area contributed by atoms with Gasteiger partial charge in [0.05, 0.1) is 11.9 Å². The smallest absolute Gasteiger partial charge is 0.412 e. The molecule has 0 radical (unpaired) electrons. The number of rotatable bonds is 2. The van der Waals surface area contributed by atoms with Crippen LogP contribution >= 0.6 is 0 Å². The third-order valence-electron chi connectivity index (χ3n) is 2.85. The van der Waals surface area contributed by atoms with Crippen LogP contribution in [0.4, 0.5) is 10.5 Å². The standard InChI is InChI=1S/C15H17N5O2/c1-15(2,3)22-14(21)18-11-7-10-8-12(19-13(10)16-9-11)20-6-4-5-17-20/h4-9H,1-3H3,(H,16,19)(H,18,21). The molecule has 0 saturated carbocycles. The van der Waals surface area contributed by atoms with Crippen LogP contribution < -0.4 is 5.32 Å². The van der Waals surface area contributed by atoms with Crippen molar-refractivity contribution in [3.8, 4) is 5.82 Å². The van der Waals surface area contributed by atoms with Crippen molar-refractivity contribution >= 4 is 22.8 Å². The van der Waals surface area contributed by atoms with Gasteiger partial charge in [-0.05, 0) is 39.0 Å². The van der Waals surface area contributed by atoms with Crippen LogP contribution in [0.1, 0.15) is 20.8 Å². The van der Waals surface area contributed by atoms with Gasteiger partial charge in [0.25, 0.3) is 0 Å². The molecule has 7 nitrogen and oxygen atoms in total. The van der Waals surface area contributed by atoms with Crippen molar-refractivity contribution in [2.24, 2.45) is 0 Å². The summed E-state index contributed by atoms with van der Waals surface area (Å²) in [4.78, 5) is 19.2. The summed E-state index contributed by atoms with van der Waals surface area (Å²) in [6, 6.07) is 5.58. The maximum atomic E-state index is 11.8. The molecule has 0 spiro atoms. The number of aromatic amines is 1. The first kappa shape index (κ1) is 14.1. The summed E-state index contributed by atoms with van der Waals surface area (Å²) in [6.07, 6.45) is 4.62. The fourth-order valence-electron chi connectivity index (χ4n) is 2.03. The van der Waals surface area contributed by atoms with E-state index in [-0.39, 0.29) is 0 Å². The molecule has 3 aromatic rings. The van der Waals surface area contributed by atoms with Crippen molar-refractivity contribution < 1.29 is 9.53 Å². The molecule has 3 aromatic heterocycles. The van der Waals surface area contributed by atoms with Gasteiger partial charge in [0, 0.05) is 17.8 Å². The third kappa shape index (κ3) is 3.08. The number of ether oxygens (including phenoxy) is 1. The molecule has 0 aliphatic heterocycles. The number of nitrogens with zero attached hydrogens (tertiary/aromatic N) is 3. The number of aromatic nitrogens is 4. The van der Waals surface area contributed by atoms with Gasteiger partial charge in [0.2, 0.25) is 0 Å². The summed E-state index contributed by atoms with van der Waals surface area (Å²) < 4.78 is 6.93. The number of H-pyrrole nitrogens is 1. The van der Waals surface area contributed by atoms with Crippen molar-refractivity contribution in [1.29, 1.82) is 0 Å². The van der Waals surface area contributed by atoms with E-state index in [9.17, 15) is 4.79 Å². The van der Waals surface area contributed by atoms with Gasteiger partial charge in [-0.2, -0.15) is 5.10 Å². The van der Waals surface area contributed by atoms with Crippen molar-refractivity contribution in [3.63, 3.8) is 0 Å². The summed E-state index contributed by atoms with van der Waals surface area (Å²) >= 11 is 0. The van der Waals surface area contributed by atoms with E-state index in [1.54, 1.807) is 17.1 Å². The molecule has 22 heavy (non-hydrogen) atoms. The Kier molecular flexibility index (Phi) is 3.32. The molecule has 114 valence electrons. The molecule has 0 aliphatic rings. The van der Waals surface area contributed by atoms with Crippen LogP contribution in [0, 0.1) is 0 Å². The number of fused-ring (bicyclic) bond motifs is 1. The van der Waals surface area contributed by atoms with Crippen LogP contribution in [0.2, 0.25) is 0 Å². The SMILES string of the molecule is CC(C)(C)OC(=O)Nc1cnc2[nH]c(-n3cccn3)cc2c1. The number of hydrogen-bond donors (Lipinski definition) is 2. The molecule has 3 heterocycles.